The van der Waals surface area contributed by atoms with Gasteiger partial charge in [-0.25, -0.2) is 0 Å². The minimum absolute atomic E-state index is 0. The summed E-state index contributed by atoms with van der Waals surface area (Å²) in [5, 5.41) is 7.13. The number of rotatable bonds is 5. The van der Waals surface area contributed by atoms with E-state index in [4.69, 9.17) is 10.5 Å². The highest BCUT2D eigenvalue weighted by molar-refractivity contribution is 5.86. The lowest BCUT2D eigenvalue weighted by molar-refractivity contribution is -0.129. The number of amides is 1. The molecule has 1 aromatic carbocycles. The number of ether oxygens (including phenoxy) is 1. The zero-order chi connectivity index (χ0) is 16.1. The second kappa shape index (κ2) is 8.28. The van der Waals surface area contributed by atoms with Gasteiger partial charge >= 0.3 is 0 Å². The van der Waals surface area contributed by atoms with Crippen LogP contribution in [0.1, 0.15) is 24.0 Å². The van der Waals surface area contributed by atoms with E-state index in [0.29, 0.717) is 32.6 Å². The van der Waals surface area contributed by atoms with Crippen molar-refractivity contribution in [1.82, 2.24) is 15.1 Å². The van der Waals surface area contributed by atoms with Gasteiger partial charge in [-0.1, -0.05) is 24.3 Å². The molecule has 1 aromatic heterocycles. The third kappa shape index (κ3) is 4.56. The molecule has 2 aromatic rings. The fourth-order valence-corrected chi connectivity index (χ4v) is 2.66. The molecule has 0 radical (unpaired) electrons. The van der Waals surface area contributed by atoms with Gasteiger partial charge in [0.1, 0.15) is 0 Å². The fraction of sp³-hybridized carbons (Fsp3) is 0.412. The summed E-state index contributed by atoms with van der Waals surface area (Å²) < 4.78 is 7.14. The standard InChI is InChI=1S/C17H22N4O2.ClH/c18-17(6-10-23-11-7-17)16(22)19-12-14-2-4-15(5-3-14)13-21-9-1-8-20-21;/h1-5,8-9H,6-7,10-13,18H2,(H,19,22);1H. The summed E-state index contributed by atoms with van der Waals surface area (Å²) in [5.74, 6) is -0.0959. The molecular formula is C17H23ClN4O2. The number of nitrogens with zero attached hydrogens (tertiary/aromatic N) is 2. The van der Waals surface area contributed by atoms with Crippen LogP contribution in [0, 0.1) is 0 Å². The van der Waals surface area contributed by atoms with E-state index in [1.54, 1.807) is 6.20 Å². The second-order valence-electron chi connectivity index (χ2n) is 5.97. The van der Waals surface area contributed by atoms with Crippen molar-refractivity contribution in [1.29, 1.82) is 0 Å². The van der Waals surface area contributed by atoms with Crippen LogP contribution in [0.5, 0.6) is 0 Å². The smallest absolute Gasteiger partial charge is 0.240 e. The van der Waals surface area contributed by atoms with Crippen LogP contribution in [-0.4, -0.2) is 34.4 Å². The topological polar surface area (TPSA) is 82.2 Å². The van der Waals surface area contributed by atoms with E-state index in [-0.39, 0.29) is 18.3 Å². The van der Waals surface area contributed by atoms with Gasteiger partial charge in [0.2, 0.25) is 5.91 Å². The Balaban J connectivity index is 0.00000208. The molecule has 3 rings (SSSR count). The quantitative estimate of drug-likeness (QED) is 0.855. The molecule has 1 amide bonds. The molecule has 24 heavy (non-hydrogen) atoms. The molecule has 1 fully saturated rings. The van der Waals surface area contributed by atoms with Gasteiger partial charge in [-0.05, 0) is 30.0 Å². The number of benzene rings is 1. The molecule has 0 aliphatic carbocycles. The third-order valence-corrected chi connectivity index (χ3v) is 4.22. The monoisotopic (exact) mass is 350 g/mol. The fourth-order valence-electron chi connectivity index (χ4n) is 2.66. The largest absolute Gasteiger partial charge is 0.381 e. The molecule has 3 N–H and O–H groups in total. The lowest BCUT2D eigenvalue weighted by atomic mass is 9.90. The zero-order valence-electron chi connectivity index (χ0n) is 13.5. The minimum Gasteiger partial charge on any atom is -0.381 e. The van der Waals surface area contributed by atoms with Crippen LogP contribution in [0.25, 0.3) is 0 Å². The van der Waals surface area contributed by atoms with Gasteiger partial charge in [0.05, 0.1) is 12.1 Å². The summed E-state index contributed by atoms with van der Waals surface area (Å²) in [5.41, 5.74) is 7.60. The Kier molecular flexibility index (Phi) is 6.36. The molecule has 0 atom stereocenters. The van der Waals surface area contributed by atoms with Crippen molar-refractivity contribution in [3.8, 4) is 0 Å². The van der Waals surface area contributed by atoms with E-state index in [1.807, 2.05) is 29.1 Å². The predicted octanol–water partition coefficient (Wildman–Crippen LogP) is 1.48. The van der Waals surface area contributed by atoms with Gasteiger partial charge in [0, 0.05) is 32.2 Å². The third-order valence-electron chi connectivity index (χ3n) is 4.22. The first-order valence-electron chi connectivity index (χ1n) is 7.86. The highest BCUT2D eigenvalue weighted by atomic mass is 35.5. The lowest BCUT2D eigenvalue weighted by Crippen LogP contribution is -2.56. The number of nitrogens with two attached hydrogens (primary N) is 1. The van der Waals surface area contributed by atoms with Crippen molar-refractivity contribution in [2.24, 2.45) is 5.73 Å². The summed E-state index contributed by atoms with van der Waals surface area (Å²) in [6, 6.07) is 10.0. The van der Waals surface area contributed by atoms with Crippen LogP contribution in [0.4, 0.5) is 0 Å². The van der Waals surface area contributed by atoms with Gasteiger partial charge in [-0.3, -0.25) is 9.48 Å². The SMILES string of the molecule is Cl.NC1(C(=O)NCc2ccc(Cn3cccn3)cc2)CCOCC1. The van der Waals surface area contributed by atoms with Crippen LogP contribution in [0.15, 0.2) is 42.7 Å². The molecular weight excluding hydrogens is 328 g/mol. The van der Waals surface area contributed by atoms with Crippen LogP contribution in [0.2, 0.25) is 0 Å². The van der Waals surface area contributed by atoms with E-state index in [1.165, 1.54) is 5.56 Å². The maximum atomic E-state index is 12.3. The molecule has 1 saturated heterocycles. The number of carbonyl (C=O) groups is 1. The average molecular weight is 351 g/mol. The van der Waals surface area contributed by atoms with Crippen molar-refractivity contribution in [3.05, 3.63) is 53.9 Å². The van der Waals surface area contributed by atoms with Crippen molar-refractivity contribution in [2.75, 3.05) is 13.2 Å². The van der Waals surface area contributed by atoms with Crippen LogP contribution in [0.3, 0.4) is 0 Å². The number of nitrogens with one attached hydrogen (secondary N) is 1. The Hall–Kier alpha value is -1.89. The van der Waals surface area contributed by atoms with Gasteiger partial charge < -0.3 is 15.8 Å². The Morgan fingerprint density at radius 2 is 1.92 bits per heavy atom. The first kappa shape index (κ1) is 18.4. The van der Waals surface area contributed by atoms with E-state index < -0.39 is 5.54 Å². The summed E-state index contributed by atoms with van der Waals surface area (Å²) in [4.78, 5) is 12.3. The highest BCUT2D eigenvalue weighted by Gasteiger charge is 2.35. The van der Waals surface area contributed by atoms with Gasteiger partial charge in [0.25, 0.3) is 0 Å². The van der Waals surface area contributed by atoms with Crippen molar-refractivity contribution in [3.63, 3.8) is 0 Å². The second-order valence-corrected chi connectivity index (χ2v) is 5.97. The Bertz CT molecular complexity index is 637. The number of hydrogen-bond donors (Lipinski definition) is 2. The first-order valence-corrected chi connectivity index (χ1v) is 7.86. The van der Waals surface area contributed by atoms with Crippen LogP contribution in [-0.2, 0) is 22.6 Å². The normalized spacial score (nSPS) is 16.2. The summed E-state index contributed by atoms with van der Waals surface area (Å²) in [6.07, 6.45) is 4.84. The number of carbonyl (C=O) groups excluding carboxylic acids is 1. The molecule has 0 unspecified atom stereocenters. The van der Waals surface area contributed by atoms with E-state index in [0.717, 1.165) is 12.1 Å². The number of halogens is 1. The highest BCUT2D eigenvalue weighted by Crippen LogP contribution is 2.18. The van der Waals surface area contributed by atoms with Gasteiger partial charge in [-0.15, -0.1) is 12.4 Å². The summed E-state index contributed by atoms with van der Waals surface area (Å²) in [6.45, 7) is 2.32. The number of aromatic nitrogens is 2. The zero-order valence-corrected chi connectivity index (χ0v) is 14.3. The Labute approximate surface area is 147 Å². The molecule has 0 bridgehead atoms. The Morgan fingerprint density at radius 3 is 2.54 bits per heavy atom. The molecule has 0 spiro atoms. The van der Waals surface area contributed by atoms with Gasteiger partial charge in [0.15, 0.2) is 0 Å². The minimum atomic E-state index is -0.793. The lowest BCUT2D eigenvalue weighted by Gasteiger charge is -2.31. The predicted molar refractivity (Wildman–Crippen MR) is 93.8 cm³/mol. The van der Waals surface area contributed by atoms with E-state index in [9.17, 15) is 4.79 Å². The Morgan fingerprint density at radius 1 is 1.25 bits per heavy atom. The summed E-state index contributed by atoms with van der Waals surface area (Å²) in [7, 11) is 0. The summed E-state index contributed by atoms with van der Waals surface area (Å²) >= 11 is 0. The number of hydrogen-bond acceptors (Lipinski definition) is 4. The van der Waals surface area contributed by atoms with Crippen molar-refractivity contribution < 1.29 is 9.53 Å². The molecule has 1 aliphatic heterocycles. The molecule has 7 heteroatoms. The van der Waals surface area contributed by atoms with Gasteiger partial charge in [-0.2, -0.15) is 5.10 Å². The molecule has 1 aliphatic rings. The van der Waals surface area contributed by atoms with Crippen LogP contribution < -0.4 is 11.1 Å². The molecule has 0 saturated carbocycles. The van der Waals surface area contributed by atoms with Crippen molar-refractivity contribution in [2.45, 2.75) is 31.5 Å². The molecule has 130 valence electrons. The first-order chi connectivity index (χ1) is 11.2. The van der Waals surface area contributed by atoms with E-state index >= 15 is 0 Å². The van der Waals surface area contributed by atoms with E-state index in [2.05, 4.69) is 22.5 Å². The maximum Gasteiger partial charge on any atom is 0.240 e. The molecule has 2 heterocycles. The van der Waals surface area contributed by atoms with Crippen LogP contribution >= 0.6 is 12.4 Å². The van der Waals surface area contributed by atoms with Crippen molar-refractivity contribution >= 4 is 18.3 Å². The maximum absolute atomic E-state index is 12.3. The molecule has 6 nitrogen and oxygen atoms in total. The average Bonchev–Trinajstić information content (AvgIpc) is 3.07.